The molecule has 2 aromatic heterocycles. The van der Waals surface area contributed by atoms with Gasteiger partial charge in [-0.1, -0.05) is 24.3 Å². The van der Waals surface area contributed by atoms with Crippen molar-refractivity contribution in [3.05, 3.63) is 47.4 Å². The van der Waals surface area contributed by atoms with Gasteiger partial charge in [-0.3, -0.25) is 4.98 Å². The van der Waals surface area contributed by atoms with Crippen LogP contribution in [0.1, 0.15) is 36.2 Å². The van der Waals surface area contributed by atoms with Gasteiger partial charge in [0.1, 0.15) is 12.4 Å². The second-order valence-corrected chi connectivity index (χ2v) is 11.2. The monoisotopic (exact) mass is 556 g/mol. The summed E-state index contributed by atoms with van der Waals surface area (Å²) in [6.07, 6.45) is 4.04. The second kappa shape index (κ2) is 11.4. The Hall–Kier alpha value is -4.17. The summed E-state index contributed by atoms with van der Waals surface area (Å²) in [5.74, 6) is 0.796. The standard InChI is InChI=1S/C30H36N8O3/c1-20-27(24-8-4-3-6-21(24)16-32-20)36-13-10-25-26(18-36)33-29(41-19-23-7-5-12-35(23)2)34-28(25)37-14-15-38(30(39)40)22(17-37)9-11-31/h3-4,6,8,16,22-23H,5,7,9-10,12-15,17-19H2,1-2H3,(H,39,40)/t22-,23-/m0/s1. The molecule has 41 heavy (non-hydrogen) atoms. The zero-order valence-corrected chi connectivity index (χ0v) is 23.7. The number of likely N-dealkylation sites (tertiary alicyclic amines) is 1. The number of benzene rings is 1. The van der Waals surface area contributed by atoms with E-state index >= 15 is 0 Å². The molecule has 0 radical (unpaired) electrons. The molecule has 0 aliphatic carbocycles. The Bertz CT molecular complexity index is 1490. The molecule has 2 fully saturated rings. The molecule has 3 aromatic rings. The summed E-state index contributed by atoms with van der Waals surface area (Å²) in [6.45, 7) is 6.23. The van der Waals surface area contributed by atoms with Crippen LogP contribution in [0, 0.1) is 18.3 Å². The van der Waals surface area contributed by atoms with E-state index in [0.717, 1.165) is 66.2 Å². The summed E-state index contributed by atoms with van der Waals surface area (Å²) in [6, 6.07) is 10.7. The van der Waals surface area contributed by atoms with Crippen molar-refractivity contribution < 1.29 is 14.6 Å². The number of nitriles is 1. The van der Waals surface area contributed by atoms with Gasteiger partial charge in [0, 0.05) is 54.8 Å². The first-order valence-electron chi connectivity index (χ1n) is 14.4. The van der Waals surface area contributed by atoms with Crippen LogP contribution >= 0.6 is 0 Å². The number of hydrogen-bond donors (Lipinski definition) is 1. The van der Waals surface area contributed by atoms with Crippen molar-refractivity contribution in [3.63, 3.8) is 0 Å². The molecule has 6 rings (SSSR count). The topological polar surface area (TPSA) is 122 Å². The molecule has 1 N–H and O–H groups in total. The first-order valence-corrected chi connectivity index (χ1v) is 14.4. The summed E-state index contributed by atoms with van der Waals surface area (Å²) in [5, 5.41) is 21.4. The summed E-state index contributed by atoms with van der Waals surface area (Å²) >= 11 is 0. The third kappa shape index (κ3) is 5.32. The van der Waals surface area contributed by atoms with E-state index < -0.39 is 12.1 Å². The minimum atomic E-state index is -0.992. The molecule has 0 unspecified atom stereocenters. The number of anilines is 2. The van der Waals surface area contributed by atoms with Gasteiger partial charge in [-0.25, -0.2) is 4.79 Å². The Kier molecular flexibility index (Phi) is 7.49. The number of carbonyl (C=O) groups is 1. The van der Waals surface area contributed by atoms with Crippen LogP contribution in [0.5, 0.6) is 6.01 Å². The van der Waals surface area contributed by atoms with E-state index in [-0.39, 0.29) is 6.42 Å². The highest BCUT2D eigenvalue weighted by molar-refractivity contribution is 5.94. The van der Waals surface area contributed by atoms with Gasteiger partial charge >= 0.3 is 12.1 Å². The molecule has 2 saturated heterocycles. The lowest BCUT2D eigenvalue weighted by molar-refractivity contribution is 0.119. The average Bonchev–Trinajstić information content (AvgIpc) is 3.39. The van der Waals surface area contributed by atoms with Crippen LogP contribution in [0.4, 0.5) is 16.3 Å². The number of aryl methyl sites for hydroxylation is 1. The zero-order valence-electron chi connectivity index (χ0n) is 23.7. The Balaban J connectivity index is 1.35. The maximum atomic E-state index is 11.8. The third-order valence-corrected chi connectivity index (χ3v) is 8.73. The third-order valence-electron chi connectivity index (χ3n) is 8.73. The molecule has 11 heteroatoms. The number of fused-ring (bicyclic) bond motifs is 2. The molecule has 214 valence electrons. The Morgan fingerprint density at radius 1 is 1.15 bits per heavy atom. The number of piperazine rings is 1. The molecule has 0 spiro atoms. The number of pyridine rings is 1. The number of likely N-dealkylation sites (N-methyl/N-ethyl adjacent to an activating group) is 1. The van der Waals surface area contributed by atoms with Crippen LogP contribution in [0.25, 0.3) is 10.8 Å². The first-order chi connectivity index (χ1) is 19.9. The van der Waals surface area contributed by atoms with Gasteiger partial charge in [-0.2, -0.15) is 15.2 Å². The van der Waals surface area contributed by atoms with E-state index in [1.54, 1.807) is 0 Å². The Morgan fingerprint density at radius 3 is 2.78 bits per heavy atom. The molecule has 5 heterocycles. The number of rotatable bonds is 6. The molecule has 1 aromatic carbocycles. The van der Waals surface area contributed by atoms with Crippen molar-refractivity contribution in [2.75, 3.05) is 56.2 Å². The Labute approximate surface area is 240 Å². The SMILES string of the molecule is Cc1ncc2ccccc2c1N1CCc2c(nc(OC[C@@H]3CCCN3C)nc2N2CCN(C(=O)O)[C@@H](CC#N)C2)C1. The number of nitrogens with zero attached hydrogens (tertiary/aromatic N) is 8. The van der Waals surface area contributed by atoms with E-state index in [4.69, 9.17) is 14.7 Å². The quantitative estimate of drug-likeness (QED) is 0.483. The molecule has 3 aliphatic heterocycles. The zero-order chi connectivity index (χ0) is 28.5. The fraction of sp³-hybridized carbons (Fsp3) is 0.500. The molecule has 1 amide bonds. The largest absolute Gasteiger partial charge is 0.465 e. The molecular weight excluding hydrogens is 520 g/mol. The van der Waals surface area contributed by atoms with Crippen LogP contribution in [-0.2, 0) is 13.0 Å². The van der Waals surface area contributed by atoms with Crippen molar-refractivity contribution in [3.8, 4) is 12.1 Å². The van der Waals surface area contributed by atoms with Gasteiger partial charge in [-0.05, 0) is 39.8 Å². The smallest absolute Gasteiger partial charge is 0.407 e. The average molecular weight is 557 g/mol. The highest BCUT2D eigenvalue weighted by Gasteiger charge is 2.34. The normalized spacial score (nSPS) is 21.1. The lowest BCUT2D eigenvalue weighted by atomic mass is 10.0. The summed E-state index contributed by atoms with van der Waals surface area (Å²) in [5.41, 5.74) is 4.08. The van der Waals surface area contributed by atoms with Crippen LogP contribution in [0.2, 0.25) is 0 Å². The van der Waals surface area contributed by atoms with Gasteiger partial charge in [0.25, 0.3) is 0 Å². The minimum absolute atomic E-state index is 0.134. The lowest BCUT2D eigenvalue weighted by Gasteiger charge is -2.41. The van der Waals surface area contributed by atoms with Gasteiger partial charge in [0.15, 0.2) is 0 Å². The first kappa shape index (κ1) is 27.0. The summed E-state index contributed by atoms with van der Waals surface area (Å²) in [7, 11) is 2.12. The molecule has 2 atom stereocenters. The van der Waals surface area contributed by atoms with Crippen molar-refractivity contribution in [1.82, 2.24) is 24.8 Å². The van der Waals surface area contributed by atoms with Crippen LogP contribution in [-0.4, -0.2) is 94.4 Å². The van der Waals surface area contributed by atoms with Gasteiger partial charge in [-0.15, -0.1) is 0 Å². The minimum Gasteiger partial charge on any atom is -0.465 e. The van der Waals surface area contributed by atoms with Crippen LogP contribution < -0.4 is 14.5 Å². The number of ether oxygens (including phenoxy) is 1. The van der Waals surface area contributed by atoms with Crippen molar-refractivity contribution in [1.29, 1.82) is 5.26 Å². The van der Waals surface area contributed by atoms with Crippen molar-refractivity contribution >= 4 is 28.4 Å². The molecule has 3 aliphatic rings. The number of amides is 1. The highest BCUT2D eigenvalue weighted by atomic mass is 16.5. The fourth-order valence-corrected chi connectivity index (χ4v) is 6.49. The van der Waals surface area contributed by atoms with E-state index in [9.17, 15) is 15.2 Å². The van der Waals surface area contributed by atoms with Crippen LogP contribution in [0.3, 0.4) is 0 Å². The Morgan fingerprint density at radius 2 is 2.00 bits per heavy atom. The van der Waals surface area contributed by atoms with E-state index in [1.165, 1.54) is 10.3 Å². The second-order valence-electron chi connectivity index (χ2n) is 11.2. The maximum absolute atomic E-state index is 11.8. The van der Waals surface area contributed by atoms with Gasteiger partial charge in [0.05, 0.1) is 42.2 Å². The van der Waals surface area contributed by atoms with E-state index in [0.29, 0.717) is 44.8 Å². The van der Waals surface area contributed by atoms with E-state index in [1.807, 2.05) is 19.2 Å². The number of hydrogen-bond acceptors (Lipinski definition) is 9. The lowest BCUT2D eigenvalue weighted by Crippen LogP contribution is -2.55. The number of aromatic nitrogens is 3. The summed E-state index contributed by atoms with van der Waals surface area (Å²) in [4.78, 5) is 34.5. The van der Waals surface area contributed by atoms with Crippen molar-refractivity contribution in [2.24, 2.45) is 0 Å². The predicted molar refractivity (Wildman–Crippen MR) is 155 cm³/mol. The molecule has 0 bridgehead atoms. The molecule has 11 nitrogen and oxygen atoms in total. The van der Waals surface area contributed by atoms with Gasteiger partial charge in [0.2, 0.25) is 0 Å². The van der Waals surface area contributed by atoms with Crippen molar-refractivity contribution in [2.45, 2.75) is 51.2 Å². The maximum Gasteiger partial charge on any atom is 0.407 e. The molecular formula is C30H36N8O3. The molecule has 0 saturated carbocycles. The fourth-order valence-electron chi connectivity index (χ4n) is 6.49. The number of carboxylic acid groups (broad SMARTS) is 1. The predicted octanol–water partition coefficient (Wildman–Crippen LogP) is 3.45. The van der Waals surface area contributed by atoms with Gasteiger partial charge < -0.3 is 29.4 Å². The highest BCUT2D eigenvalue weighted by Crippen LogP contribution is 2.36. The van der Waals surface area contributed by atoms with E-state index in [2.05, 4.69) is 51.0 Å². The van der Waals surface area contributed by atoms with Crippen LogP contribution in [0.15, 0.2) is 30.5 Å². The summed E-state index contributed by atoms with van der Waals surface area (Å²) < 4.78 is 6.25.